The van der Waals surface area contributed by atoms with E-state index in [-0.39, 0.29) is 0 Å². The van der Waals surface area contributed by atoms with Gasteiger partial charge in [0, 0.05) is 26.2 Å². The lowest BCUT2D eigenvalue weighted by Gasteiger charge is -2.26. The summed E-state index contributed by atoms with van der Waals surface area (Å²) < 4.78 is 13.5. The van der Waals surface area contributed by atoms with E-state index in [1.165, 1.54) is 27.8 Å². The van der Waals surface area contributed by atoms with Gasteiger partial charge in [0.2, 0.25) is 0 Å². The van der Waals surface area contributed by atoms with Crippen LogP contribution in [0.1, 0.15) is 47.6 Å². The molecule has 1 saturated heterocycles. The van der Waals surface area contributed by atoms with Gasteiger partial charge in [-0.25, -0.2) is 4.98 Å². The fourth-order valence-electron chi connectivity index (χ4n) is 4.40. The van der Waals surface area contributed by atoms with Gasteiger partial charge in [0.05, 0.1) is 32.7 Å². The zero-order chi connectivity index (χ0) is 24.1. The first-order chi connectivity index (χ1) is 16.5. The number of nitrogens with one attached hydrogen (secondary N) is 1. The van der Waals surface area contributed by atoms with Gasteiger partial charge in [-0.05, 0) is 61.9 Å². The van der Waals surface area contributed by atoms with Gasteiger partial charge >= 0.3 is 6.01 Å². The van der Waals surface area contributed by atoms with Gasteiger partial charge in [0.1, 0.15) is 0 Å². The molecule has 8 heteroatoms. The number of hydrogen-bond acceptors (Lipinski definition) is 7. The summed E-state index contributed by atoms with van der Waals surface area (Å²) in [5.74, 6) is 0.734. The second kappa shape index (κ2) is 11.1. The molecule has 184 valence electrons. The van der Waals surface area contributed by atoms with E-state index < -0.39 is 0 Å². The highest BCUT2D eigenvalue weighted by Gasteiger charge is 2.17. The Balaban J connectivity index is 1.62. The molecule has 34 heavy (non-hydrogen) atoms. The maximum atomic E-state index is 5.92. The van der Waals surface area contributed by atoms with Crippen LogP contribution in [0, 0.1) is 27.7 Å². The van der Waals surface area contributed by atoms with Crippen LogP contribution in [-0.2, 0) is 11.3 Å². The third kappa shape index (κ3) is 5.50. The maximum Gasteiger partial charge on any atom is 0.320 e. The van der Waals surface area contributed by atoms with Crippen LogP contribution in [-0.4, -0.2) is 70.4 Å². The Kier molecular flexibility index (Phi) is 8.00. The van der Waals surface area contributed by atoms with Crippen molar-refractivity contribution in [3.8, 4) is 6.01 Å². The fraction of sp³-hybridized carbons (Fsp3) is 0.577. The fourth-order valence-corrected chi connectivity index (χ4v) is 4.40. The molecule has 3 heterocycles. The predicted octanol–water partition coefficient (Wildman–Crippen LogP) is 4.03. The number of aromatic nitrogens is 4. The lowest BCUT2D eigenvalue weighted by Crippen LogP contribution is -2.39. The maximum absolute atomic E-state index is 5.92. The molecule has 1 aromatic carbocycles. The average Bonchev–Trinajstić information content (AvgIpc) is 3.24. The van der Waals surface area contributed by atoms with E-state index in [2.05, 4.69) is 60.5 Å². The minimum atomic E-state index is 0.408. The van der Waals surface area contributed by atoms with Crippen LogP contribution in [0.4, 0.5) is 5.82 Å². The normalized spacial score (nSPS) is 14.6. The van der Waals surface area contributed by atoms with Gasteiger partial charge in [-0.2, -0.15) is 9.97 Å². The van der Waals surface area contributed by atoms with E-state index >= 15 is 0 Å². The second-order valence-corrected chi connectivity index (χ2v) is 9.22. The van der Waals surface area contributed by atoms with Crippen LogP contribution in [0.5, 0.6) is 6.01 Å². The van der Waals surface area contributed by atoms with E-state index in [0.29, 0.717) is 12.6 Å². The molecule has 0 atom stereocenters. The third-order valence-corrected chi connectivity index (χ3v) is 6.85. The van der Waals surface area contributed by atoms with Crippen molar-refractivity contribution in [2.75, 3.05) is 51.3 Å². The first-order valence-electron chi connectivity index (χ1n) is 12.4. The standard InChI is InChI=1S/C26H38N6O2/c1-6-7-12-34-26-29-24(27-8-9-31-10-13-33-14-11-31)23-25(30-26)32(17-28-23)16-22-20(4)18(2)15-19(3)21(22)5/h15,17H,6-14,16H2,1-5H3,(H,27,29,30). The molecule has 8 nitrogen and oxygen atoms in total. The van der Waals surface area contributed by atoms with Gasteiger partial charge in [-0.15, -0.1) is 0 Å². The summed E-state index contributed by atoms with van der Waals surface area (Å²) in [6.45, 7) is 17.5. The van der Waals surface area contributed by atoms with Crippen LogP contribution < -0.4 is 10.1 Å². The summed E-state index contributed by atoms with van der Waals surface area (Å²) >= 11 is 0. The molecule has 0 amide bonds. The number of fused-ring (bicyclic) bond motifs is 1. The summed E-state index contributed by atoms with van der Waals surface area (Å²) in [7, 11) is 0. The van der Waals surface area contributed by atoms with Gasteiger partial charge in [0.25, 0.3) is 0 Å². The van der Waals surface area contributed by atoms with Crippen molar-refractivity contribution < 1.29 is 9.47 Å². The quantitative estimate of drug-likeness (QED) is 0.452. The number of anilines is 1. The molecule has 3 aromatic rings. The topological polar surface area (TPSA) is 77.3 Å². The van der Waals surface area contributed by atoms with Crippen molar-refractivity contribution in [2.45, 2.75) is 54.0 Å². The molecule has 1 N–H and O–H groups in total. The van der Waals surface area contributed by atoms with Crippen LogP contribution in [0.25, 0.3) is 11.2 Å². The molecule has 2 aromatic heterocycles. The molecular weight excluding hydrogens is 428 g/mol. The number of imidazole rings is 1. The summed E-state index contributed by atoms with van der Waals surface area (Å²) in [5.41, 5.74) is 8.17. The molecule has 1 aliphatic rings. The van der Waals surface area contributed by atoms with E-state index in [0.717, 1.165) is 75.8 Å². The lowest BCUT2D eigenvalue weighted by atomic mass is 9.94. The second-order valence-electron chi connectivity index (χ2n) is 9.22. The molecule has 1 fully saturated rings. The van der Waals surface area contributed by atoms with Crippen LogP contribution >= 0.6 is 0 Å². The molecule has 1 aliphatic heterocycles. The number of unbranched alkanes of at least 4 members (excludes halogenated alkanes) is 1. The van der Waals surface area contributed by atoms with Gasteiger partial charge in [-0.1, -0.05) is 19.4 Å². The zero-order valence-electron chi connectivity index (χ0n) is 21.3. The smallest absolute Gasteiger partial charge is 0.320 e. The Morgan fingerprint density at radius 2 is 1.79 bits per heavy atom. The summed E-state index contributed by atoms with van der Waals surface area (Å²) in [4.78, 5) is 16.6. The predicted molar refractivity (Wildman–Crippen MR) is 136 cm³/mol. The summed E-state index contributed by atoms with van der Waals surface area (Å²) in [6, 6.07) is 2.67. The molecule has 0 unspecified atom stereocenters. The Hall–Kier alpha value is -2.71. The molecule has 4 rings (SSSR count). The number of ether oxygens (including phenoxy) is 2. The number of rotatable bonds is 10. The SMILES string of the molecule is CCCCOc1nc(NCCN2CCOCC2)c2ncn(Cc3c(C)c(C)cc(C)c3C)c2n1. The number of hydrogen-bond donors (Lipinski definition) is 1. The van der Waals surface area contributed by atoms with Crippen LogP contribution in [0.15, 0.2) is 12.4 Å². The Bertz CT molecular complexity index is 1090. The van der Waals surface area contributed by atoms with E-state index in [1.807, 2.05) is 6.33 Å². The van der Waals surface area contributed by atoms with Crippen LogP contribution in [0.2, 0.25) is 0 Å². The molecule has 0 saturated carbocycles. The highest BCUT2D eigenvalue weighted by atomic mass is 16.5. The highest BCUT2D eigenvalue weighted by Crippen LogP contribution is 2.26. The molecular formula is C26H38N6O2. The minimum absolute atomic E-state index is 0.408. The molecule has 0 aliphatic carbocycles. The molecule has 0 bridgehead atoms. The van der Waals surface area contributed by atoms with Crippen LogP contribution in [0.3, 0.4) is 0 Å². The monoisotopic (exact) mass is 466 g/mol. The minimum Gasteiger partial charge on any atom is -0.463 e. The van der Waals surface area contributed by atoms with Crippen molar-refractivity contribution in [1.29, 1.82) is 0 Å². The van der Waals surface area contributed by atoms with Crippen molar-refractivity contribution in [3.05, 3.63) is 40.2 Å². The summed E-state index contributed by atoms with van der Waals surface area (Å²) in [5, 5.41) is 3.49. The zero-order valence-corrected chi connectivity index (χ0v) is 21.3. The van der Waals surface area contributed by atoms with Gasteiger partial charge in [-0.3, -0.25) is 4.90 Å². The van der Waals surface area contributed by atoms with Crippen molar-refractivity contribution in [2.24, 2.45) is 0 Å². The summed E-state index contributed by atoms with van der Waals surface area (Å²) in [6.07, 6.45) is 3.91. The van der Waals surface area contributed by atoms with E-state index in [4.69, 9.17) is 19.4 Å². The molecule has 0 spiro atoms. The van der Waals surface area contributed by atoms with Gasteiger partial charge in [0.15, 0.2) is 17.0 Å². The number of morpholine rings is 1. The van der Waals surface area contributed by atoms with Gasteiger partial charge < -0.3 is 19.4 Å². The Morgan fingerprint density at radius 1 is 1.06 bits per heavy atom. The first-order valence-corrected chi connectivity index (χ1v) is 12.4. The first kappa shape index (κ1) is 24.4. The van der Waals surface area contributed by atoms with Crippen molar-refractivity contribution in [3.63, 3.8) is 0 Å². The molecule has 0 radical (unpaired) electrons. The lowest BCUT2D eigenvalue weighted by molar-refractivity contribution is 0.0398. The number of benzene rings is 1. The van der Waals surface area contributed by atoms with Crippen molar-refractivity contribution >= 4 is 17.0 Å². The van der Waals surface area contributed by atoms with E-state index in [9.17, 15) is 0 Å². The van der Waals surface area contributed by atoms with E-state index in [1.54, 1.807) is 0 Å². The largest absolute Gasteiger partial charge is 0.463 e. The number of aryl methyl sites for hydroxylation is 2. The average molecular weight is 467 g/mol. The third-order valence-electron chi connectivity index (χ3n) is 6.85. The highest BCUT2D eigenvalue weighted by molar-refractivity contribution is 5.83. The Labute approximate surface area is 202 Å². The number of nitrogens with zero attached hydrogens (tertiary/aromatic N) is 5. The Morgan fingerprint density at radius 3 is 2.50 bits per heavy atom. The van der Waals surface area contributed by atoms with Crippen molar-refractivity contribution in [1.82, 2.24) is 24.4 Å².